The summed E-state index contributed by atoms with van der Waals surface area (Å²) in [6.07, 6.45) is -4.20. The summed E-state index contributed by atoms with van der Waals surface area (Å²) in [7, 11) is -3.09. The first kappa shape index (κ1) is 22.8. The van der Waals surface area contributed by atoms with Crippen molar-refractivity contribution in [2.45, 2.75) is 37.5 Å². The SMILES string of the molecule is Cc1cc(C(=O)CSc2nc(C(F)(F)F)nc3ccccc23)c(C)n1[C@H]1CCS(=O)(=O)C1. The lowest BCUT2D eigenvalue weighted by Crippen LogP contribution is -2.15. The Kier molecular flexibility index (Phi) is 5.83. The number of para-hydroxylation sites is 1. The second kappa shape index (κ2) is 8.18. The summed E-state index contributed by atoms with van der Waals surface area (Å²) >= 11 is 0.933. The molecule has 1 atom stereocenters. The Bertz CT molecular complexity index is 1320. The normalized spacial score (nSPS) is 18.3. The van der Waals surface area contributed by atoms with Crippen LogP contribution in [0.1, 0.15) is 40.0 Å². The van der Waals surface area contributed by atoms with E-state index in [4.69, 9.17) is 0 Å². The number of alkyl halides is 3. The molecule has 0 saturated carbocycles. The maximum atomic E-state index is 13.2. The molecule has 32 heavy (non-hydrogen) atoms. The molecule has 1 aliphatic rings. The number of aryl methyl sites for hydroxylation is 1. The standard InChI is InChI=1S/C21H20F3N3O3S2/c1-12-9-16(13(2)27(12)14-7-8-32(29,30)11-14)18(28)10-31-19-15-5-3-4-6-17(15)25-20(26-19)21(22,23)24/h3-6,9,14H,7-8,10-11H2,1-2H3/t14-/m0/s1. The van der Waals surface area contributed by atoms with E-state index < -0.39 is 21.8 Å². The number of carbonyl (C=O) groups is 1. The van der Waals surface area contributed by atoms with Crippen LogP contribution in [0.15, 0.2) is 35.4 Å². The van der Waals surface area contributed by atoms with Gasteiger partial charge in [-0.2, -0.15) is 13.2 Å². The maximum absolute atomic E-state index is 13.2. The topological polar surface area (TPSA) is 81.9 Å². The first-order chi connectivity index (χ1) is 15.0. The number of ketones is 1. The molecule has 3 heterocycles. The van der Waals surface area contributed by atoms with Crippen molar-refractivity contribution in [1.29, 1.82) is 0 Å². The van der Waals surface area contributed by atoms with Gasteiger partial charge in [0.25, 0.3) is 0 Å². The van der Waals surface area contributed by atoms with Gasteiger partial charge in [0.15, 0.2) is 15.6 Å². The molecule has 0 bridgehead atoms. The zero-order valence-electron chi connectivity index (χ0n) is 17.3. The minimum absolute atomic E-state index is 0.0406. The summed E-state index contributed by atoms with van der Waals surface area (Å²) < 4.78 is 65.3. The molecule has 6 nitrogen and oxygen atoms in total. The molecule has 1 aromatic carbocycles. The summed E-state index contributed by atoms with van der Waals surface area (Å²) in [5, 5.41) is 0.534. The summed E-state index contributed by atoms with van der Waals surface area (Å²) in [6.45, 7) is 3.58. The molecule has 170 valence electrons. The van der Waals surface area contributed by atoms with Gasteiger partial charge in [0.2, 0.25) is 5.82 Å². The Morgan fingerprint density at radius 2 is 1.94 bits per heavy atom. The molecule has 4 rings (SSSR count). The number of Topliss-reactive ketones (excluding diaryl/α,β-unsaturated/α-hetero) is 1. The predicted octanol–water partition coefficient (Wildman–Crippen LogP) is 4.40. The quantitative estimate of drug-likeness (QED) is 0.304. The molecule has 1 saturated heterocycles. The van der Waals surface area contributed by atoms with E-state index in [1.807, 2.05) is 11.5 Å². The van der Waals surface area contributed by atoms with Gasteiger partial charge in [-0.15, -0.1) is 0 Å². The van der Waals surface area contributed by atoms with Crippen LogP contribution < -0.4 is 0 Å². The largest absolute Gasteiger partial charge is 0.451 e. The van der Waals surface area contributed by atoms with Crippen molar-refractivity contribution in [2.24, 2.45) is 0 Å². The van der Waals surface area contributed by atoms with Crippen LogP contribution in [0.2, 0.25) is 0 Å². The summed E-state index contributed by atoms with van der Waals surface area (Å²) in [4.78, 5) is 20.2. The van der Waals surface area contributed by atoms with E-state index in [2.05, 4.69) is 9.97 Å². The number of aromatic nitrogens is 3. The van der Waals surface area contributed by atoms with Gasteiger partial charge in [0.05, 0.1) is 22.8 Å². The van der Waals surface area contributed by atoms with Gasteiger partial charge in [-0.05, 0) is 32.4 Å². The van der Waals surface area contributed by atoms with Crippen LogP contribution in [0.25, 0.3) is 10.9 Å². The summed E-state index contributed by atoms with van der Waals surface area (Å²) in [5.41, 5.74) is 2.04. The first-order valence-electron chi connectivity index (χ1n) is 9.85. The van der Waals surface area contributed by atoms with Gasteiger partial charge in [-0.1, -0.05) is 30.0 Å². The number of hydrogen-bond acceptors (Lipinski definition) is 6. The van der Waals surface area contributed by atoms with Crippen molar-refractivity contribution in [1.82, 2.24) is 14.5 Å². The Balaban J connectivity index is 1.60. The van der Waals surface area contributed by atoms with E-state index in [-0.39, 0.29) is 39.6 Å². The van der Waals surface area contributed by atoms with Gasteiger partial charge in [-0.25, -0.2) is 18.4 Å². The van der Waals surface area contributed by atoms with E-state index >= 15 is 0 Å². The Labute approximate surface area is 187 Å². The van der Waals surface area contributed by atoms with Crippen molar-refractivity contribution in [3.63, 3.8) is 0 Å². The first-order valence-corrected chi connectivity index (χ1v) is 12.7. The number of thioether (sulfide) groups is 1. The number of fused-ring (bicyclic) bond motifs is 1. The van der Waals surface area contributed by atoms with E-state index in [9.17, 15) is 26.4 Å². The smallest absolute Gasteiger partial charge is 0.344 e. The number of halogens is 3. The molecule has 0 amide bonds. The fourth-order valence-electron chi connectivity index (χ4n) is 4.10. The maximum Gasteiger partial charge on any atom is 0.451 e. The minimum atomic E-state index is -4.70. The fraction of sp³-hybridized carbons (Fsp3) is 0.381. The molecule has 1 fully saturated rings. The highest BCUT2D eigenvalue weighted by Gasteiger charge is 2.36. The Morgan fingerprint density at radius 3 is 2.59 bits per heavy atom. The highest BCUT2D eigenvalue weighted by Crippen LogP contribution is 2.33. The van der Waals surface area contributed by atoms with Gasteiger partial charge >= 0.3 is 6.18 Å². The molecule has 0 N–H and O–H groups in total. The Hall–Kier alpha value is -2.40. The molecular formula is C21H20F3N3O3S2. The van der Waals surface area contributed by atoms with Crippen LogP contribution in [-0.2, 0) is 16.0 Å². The summed E-state index contributed by atoms with van der Waals surface area (Å²) in [5.74, 6) is -1.45. The van der Waals surface area contributed by atoms with Crippen molar-refractivity contribution in [3.8, 4) is 0 Å². The van der Waals surface area contributed by atoms with Crippen LogP contribution in [0, 0.1) is 13.8 Å². The van der Waals surface area contributed by atoms with Crippen LogP contribution in [-0.4, -0.2) is 46.0 Å². The zero-order chi connectivity index (χ0) is 23.3. The number of rotatable bonds is 5. The molecule has 3 aromatic rings. The summed E-state index contributed by atoms with van der Waals surface area (Å²) in [6, 6.07) is 7.86. The molecule has 0 unspecified atom stereocenters. The third-order valence-electron chi connectivity index (χ3n) is 5.52. The number of hydrogen-bond donors (Lipinski definition) is 0. The van der Waals surface area contributed by atoms with Gasteiger partial charge in [0.1, 0.15) is 5.03 Å². The average Bonchev–Trinajstić information content (AvgIpc) is 3.22. The van der Waals surface area contributed by atoms with Crippen LogP contribution in [0.5, 0.6) is 0 Å². The third-order valence-corrected chi connectivity index (χ3v) is 8.26. The number of carbonyl (C=O) groups excluding carboxylic acids is 1. The lowest BCUT2D eigenvalue weighted by molar-refractivity contribution is -0.145. The van der Waals surface area contributed by atoms with Gasteiger partial charge in [0, 0.05) is 28.4 Å². The van der Waals surface area contributed by atoms with Crippen LogP contribution in [0.3, 0.4) is 0 Å². The number of sulfone groups is 1. The van der Waals surface area contributed by atoms with Gasteiger partial charge < -0.3 is 4.57 Å². The molecule has 0 aliphatic carbocycles. The van der Waals surface area contributed by atoms with E-state index in [0.717, 1.165) is 17.5 Å². The van der Waals surface area contributed by atoms with Gasteiger partial charge in [-0.3, -0.25) is 4.79 Å². The zero-order valence-corrected chi connectivity index (χ0v) is 18.9. The molecular weight excluding hydrogens is 463 g/mol. The van der Waals surface area contributed by atoms with Crippen molar-refractivity contribution >= 4 is 38.3 Å². The number of nitrogens with zero attached hydrogens (tertiary/aromatic N) is 3. The molecule has 0 radical (unpaired) electrons. The Morgan fingerprint density at radius 1 is 1.22 bits per heavy atom. The lowest BCUT2D eigenvalue weighted by Gasteiger charge is -2.16. The third kappa shape index (κ3) is 4.40. The average molecular weight is 484 g/mol. The fourth-order valence-corrected chi connectivity index (χ4v) is 6.70. The predicted molar refractivity (Wildman–Crippen MR) is 116 cm³/mol. The highest BCUT2D eigenvalue weighted by molar-refractivity contribution is 8.00. The van der Waals surface area contributed by atoms with Crippen molar-refractivity contribution in [3.05, 3.63) is 53.1 Å². The molecule has 2 aromatic heterocycles. The molecule has 0 spiro atoms. The second-order valence-electron chi connectivity index (χ2n) is 7.79. The molecule has 1 aliphatic heterocycles. The van der Waals surface area contributed by atoms with E-state index in [1.165, 1.54) is 6.07 Å². The van der Waals surface area contributed by atoms with Crippen molar-refractivity contribution < 1.29 is 26.4 Å². The van der Waals surface area contributed by atoms with Crippen LogP contribution in [0.4, 0.5) is 13.2 Å². The highest BCUT2D eigenvalue weighted by atomic mass is 32.2. The minimum Gasteiger partial charge on any atom is -0.344 e. The van der Waals surface area contributed by atoms with E-state index in [1.54, 1.807) is 31.2 Å². The molecule has 11 heteroatoms. The number of benzene rings is 1. The second-order valence-corrected chi connectivity index (χ2v) is 11.0. The monoisotopic (exact) mass is 483 g/mol. The van der Waals surface area contributed by atoms with Crippen LogP contribution >= 0.6 is 11.8 Å². The van der Waals surface area contributed by atoms with Crippen molar-refractivity contribution in [2.75, 3.05) is 17.3 Å². The lowest BCUT2D eigenvalue weighted by atomic mass is 10.2. The van der Waals surface area contributed by atoms with E-state index in [0.29, 0.717) is 23.1 Å².